The van der Waals surface area contributed by atoms with Crippen LogP contribution in [-0.2, 0) is 4.74 Å². The zero-order valence-corrected chi connectivity index (χ0v) is 6.25. The first-order chi connectivity index (χ1) is 3.66. The zero-order valence-electron chi connectivity index (χ0n) is 5.44. The molecule has 0 amide bonds. The van der Waals surface area contributed by atoms with Gasteiger partial charge in [0.1, 0.15) is 0 Å². The van der Waals surface area contributed by atoms with Gasteiger partial charge in [0.05, 0.1) is 12.9 Å². The first-order valence-electron chi connectivity index (χ1n) is 2.31. The molecule has 2 heteroatoms. The molecule has 0 saturated heterocycles. The molecule has 48 valence electrons. The minimum atomic E-state index is 0.180. The van der Waals surface area contributed by atoms with Crippen LogP contribution in [0.3, 0.4) is 0 Å². The molecule has 1 atom stereocenters. The van der Waals surface area contributed by atoms with E-state index in [4.69, 9.17) is 4.74 Å². The summed E-state index contributed by atoms with van der Waals surface area (Å²) < 4.78 is 4.83. The quantitative estimate of drug-likeness (QED) is 0.417. The highest BCUT2D eigenvalue weighted by molar-refractivity contribution is 8.13. The Hall–Kier alpha value is -0.240. The third kappa shape index (κ3) is 3.93. The molecule has 0 aromatic carbocycles. The SMILES string of the molecule is C=C(CS(=C)C)OC. The molecule has 0 aromatic heterocycles. The first kappa shape index (κ1) is 7.76. The van der Waals surface area contributed by atoms with Gasteiger partial charge in [0.15, 0.2) is 0 Å². The van der Waals surface area contributed by atoms with E-state index in [1.54, 1.807) is 7.11 Å². The van der Waals surface area contributed by atoms with Crippen molar-refractivity contribution in [3.8, 4) is 0 Å². The van der Waals surface area contributed by atoms with Gasteiger partial charge in [0, 0.05) is 5.75 Å². The van der Waals surface area contributed by atoms with Gasteiger partial charge in [0.25, 0.3) is 0 Å². The van der Waals surface area contributed by atoms with Crippen LogP contribution in [0.5, 0.6) is 0 Å². The van der Waals surface area contributed by atoms with Crippen molar-refractivity contribution in [2.24, 2.45) is 0 Å². The summed E-state index contributed by atoms with van der Waals surface area (Å²) in [5.74, 6) is 5.52. The molecule has 0 heterocycles. The van der Waals surface area contributed by atoms with E-state index >= 15 is 0 Å². The van der Waals surface area contributed by atoms with Crippen LogP contribution in [0, 0.1) is 0 Å². The monoisotopic (exact) mass is 132 g/mol. The summed E-state index contributed by atoms with van der Waals surface area (Å²) in [6, 6.07) is 0. The highest BCUT2D eigenvalue weighted by Gasteiger charge is 1.87. The molecule has 0 radical (unpaired) electrons. The van der Waals surface area contributed by atoms with Crippen molar-refractivity contribution in [1.29, 1.82) is 0 Å². The van der Waals surface area contributed by atoms with Crippen LogP contribution in [0.15, 0.2) is 12.3 Å². The van der Waals surface area contributed by atoms with Crippen LogP contribution in [0.4, 0.5) is 0 Å². The lowest BCUT2D eigenvalue weighted by molar-refractivity contribution is 0.298. The van der Waals surface area contributed by atoms with Gasteiger partial charge in [-0.25, -0.2) is 0 Å². The van der Waals surface area contributed by atoms with Crippen LogP contribution in [-0.4, -0.2) is 25.0 Å². The van der Waals surface area contributed by atoms with Gasteiger partial charge in [-0.15, -0.1) is 0 Å². The van der Waals surface area contributed by atoms with E-state index in [2.05, 4.69) is 18.7 Å². The summed E-state index contributed by atoms with van der Waals surface area (Å²) in [4.78, 5) is 0. The van der Waals surface area contributed by atoms with E-state index in [0.29, 0.717) is 0 Å². The second kappa shape index (κ2) is 3.72. The van der Waals surface area contributed by atoms with Crippen molar-refractivity contribution < 1.29 is 4.74 Å². The topological polar surface area (TPSA) is 9.23 Å². The number of hydrogen-bond donors (Lipinski definition) is 0. The summed E-state index contributed by atoms with van der Waals surface area (Å²) >= 11 is 0. The van der Waals surface area contributed by atoms with Crippen molar-refractivity contribution in [3.63, 3.8) is 0 Å². The van der Waals surface area contributed by atoms with Gasteiger partial charge >= 0.3 is 0 Å². The predicted molar refractivity (Wildman–Crippen MR) is 41.7 cm³/mol. The largest absolute Gasteiger partial charge is 0.501 e. The standard InChI is InChI=1S/C6H12OS/c1-6(7-2)5-8(3)4/h1,3,5H2,2,4H3. The average molecular weight is 132 g/mol. The average Bonchev–Trinajstić information content (AvgIpc) is 1.65. The molecule has 0 aliphatic carbocycles. The summed E-state index contributed by atoms with van der Waals surface area (Å²) in [5.41, 5.74) is 0. The highest BCUT2D eigenvalue weighted by Crippen LogP contribution is 2.07. The van der Waals surface area contributed by atoms with Gasteiger partial charge in [0.2, 0.25) is 0 Å². The lowest BCUT2D eigenvalue weighted by atomic mass is 10.7. The molecule has 0 N–H and O–H groups in total. The molecule has 1 unspecified atom stereocenters. The number of ether oxygens (including phenoxy) is 1. The van der Waals surface area contributed by atoms with E-state index in [9.17, 15) is 0 Å². The summed E-state index contributed by atoms with van der Waals surface area (Å²) in [6.07, 6.45) is 2.06. The van der Waals surface area contributed by atoms with E-state index in [1.807, 2.05) is 0 Å². The van der Waals surface area contributed by atoms with E-state index in [1.165, 1.54) is 0 Å². The molecule has 0 spiro atoms. The lowest BCUT2D eigenvalue weighted by Gasteiger charge is -2.01. The maximum absolute atomic E-state index is 4.83. The molecule has 0 aromatic rings. The summed E-state index contributed by atoms with van der Waals surface area (Å²) in [5, 5.41) is 0. The van der Waals surface area contributed by atoms with Crippen molar-refractivity contribution in [3.05, 3.63) is 12.3 Å². The molecule has 0 bridgehead atoms. The maximum Gasteiger partial charge on any atom is 0.0977 e. The minimum absolute atomic E-state index is 0.180. The second-order valence-corrected chi connectivity index (χ2v) is 3.52. The van der Waals surface area contributed by atoms with Gasteiger partial charge < -0.3 is 4.74 Å². The van der Waals surface area contributed by atoms with Gasteiger partial charge in [-0.1, -0.05) is 12.4 Å². The van der Waals surface area contributed by atoms with E-state index in [0.717, 1.165) is 11.5 Å². The van der Waals surface area contributed by atoms with Crippen LogP contribution >= 0.6 is 10.5 Å². The van der Waals surface area contributed by atoms with Gasteiger partial charge in [-0.2, -0.15) is 10.5 Å². The number of hydrogen-bond acceptors (Lipinski definition) is 1. The highest BCUT2D eigenvalue weighted by atomic mass is 32.2. The van der Waals surface area contributed by atoms with Crippen molar-refractivity contribution in [1.82, 2.24) is 0 Å². The molecular weight excluding hydrogens is 120 g/mol. The van der Waals surface area contributed by atoms with Crippen LogP contribution in [0.1, 0.15) is 0 Å². The fourth-order valence-electron chi connectivity index (χ4n) is 0.334. The van der Waals surface area contributed by atoms with Crippen LogP contribution < -0.4 is 0 Å². The van der Waals surface area contributed by atoms with Crippen molar-refractivity contribution in [2.45, 2.75) is 0 Å². The fraction of sp³-hybridized carbons (Fsp3) is 0.500. The Morgan fingerprint density at radius 2 is 2.25 bits per heavy atom. The van der Waals surface area contributed by atoms with Gasteiger partial charge in [-0.3, -0.25) is 0 Å². The predicted octanol–water partition coefficient (Wildman–Crippen LogP) is 1.48. The Morgan fingerprint density at radius 1 is 1.75 bits per heavy atom. The van der Waals surface area contributed by atoms with Crippen molar-refractivity contribution in [2.75, 3.05) is 19.1 Å². The number of methoxy groups -OCH3 is 1. The number of rotatable bonds is 3. The Labute approximate surface area is 53.3 Å². The smallest absolute Gasteiger partial charge is 0.0977 e. The molecule has 8 heavy (non-hydrogen) atoms. The van der Waals surface area contributed by atoms with Gasteiger partial charge in [-0.05, 0) is 6.26 Å². The third-order valence-corrected chi connectivity index (χ3v) is 1.51. The molecule has 0 aliphatic heterocycles. The van der Waals surface area contributed by atoms with E-state index < -0.39 is 0 Å². The molecule has 0 aliphatic rings. The maximum atomic E-state index is 4.83. The second-order valence-electron chi connectivity index (χ2n) is 1.67. The molecule has 0 fully saturated rings. The molecule has 0 rings (SSSR count). The Balaban J connectivity index is 3.40. The minimum Gasteiger partial charge on any atom is -0.501 e. The summed E-state index contributed by atoms with van der Waals surface area (Å²) in [7, 11) is 1.81. The Morgan fingerprint density at radius 3 is 2.38 bits per heavy atom. The normalized spacial score (nSPS) is 12.8. The van der Waals surface area contributed by atoms with Crippen LogP contribution in [0.2, 0.25) is 0 Å². The Kier molecular flexibility index (Phi) is 3.61. The summed E-state index contributed by atoms with van der Waals surface area (Å²) in [6.45, 7) is 3.66. The fourth-order valence-corrected chi connectivity index (χ4v) is 1.00. The molecular formula is C6H12OS. The first-order valence-corrected chi connectivity index (χ1v) is 4.28. The zero-order chi connectivity index (χ0) is 6.57. The van der Waals surface area contributed by atoms with Crippen molar-refractivity contribution >= 4 is 16.4 Å². The lowest BCUT2D eigenvalue weighted by Crippen LogP contribution is -1.87. The third-order valence-electron chi connectivity index (χ3n) is 0.696. The van der Waals surface area contributed by atoms with Crippen LogP contribution in [0.25, 0.3) is 0 Å². The Bertz CT molecular complexity index is 107. The molecule has 1 nitrogen and oxygen atoms in total. The van der Waals surface area contributed by atoms with E-state index in [-0.39, 0.29) is 10.5 Å². The molecule has 0 saturated carbocycles.